The largest absolute Gasteiger partial charge is 0.477 e. The number of carboxylic acid groups (broad SMARTS) is 1. The fraction of sp³-hybridized carbons (Fsp3) is 0.0769. The van der Waals surface area contributed by atoms with Crippen LogP contribution in [0, 0.1) is 5.82 Å². The van der Waals surface area contributed by atoms with Crippen LogP contribution in [0.3, 0.4) is 0 Å². The third-order valence-corrected chi connectivity index (χ3v) is 3.34. The second-order valence-electron chi connectivity index (χ2n) is 3.78. The Balaban J connectivity index is 2.08. The summed E-state index contributed by atoms with van der Waals surface area (Å²) in [6, 6.07) is 7.47. The average molecular weight is 279 g/mol. The first-order valence-corrected chi connectivity index (χ1v) is 6.30. The molecule has 1 amide bonds. The maximum atomic E-state index is 13.4. The Kier molecular flexibility index (Phi) is 3.91. The van der Waals surface area contributed by atoms with Gasteiger partial charge in [0.15, 0.2) is 0 Å². The first-order chi connectivity index (χ1) is 9.08. The minimum atomic E-state index is -1.10. The normalized spacial score (nSPS) is 10.2. The smallest absolute Gasteiger partial charge is 0.348 e. The molecule has 2 rings (SSSR count). The van der Waals surface area contributed by atoms with E-state index in [1.54, 1.807) is 11.4 Å². The lowest BCUT2D eigenvalue weighted by Crippen LogP contribution is -2.16. The summed E-state index contributed by atoms with van der Waals surface area (Å²) in [6.45, 7) is 0. The zero-order valence-corrected chi connectivity index (χ0v) is 10.5. The minimum absolute atomic E-state index is 0.0573. The molecular formula is C13H10FNO3S. The van der Waals surface area contributed by atoms with Crippen LogP contribution in [0.1, 0.15) is 15.2 Å². The molecule has 0 radical (unpaired) electrons. The molecule has 2 aromatic rings. The summed E-state index contributed by atoms with van der Waals surface area (Å²) >= 11 is 1.02. The third kappa shape index (κ3) is 3.17. The van der Waals surface area contributed by atoms with Crippen LogP contribution in [0.2, 0.25) is 0 Å². The Morgan fingerprint density at radius 1 is 1.26 bits per heavy atom. The topological polar surface area (TPSA) is 66.4 Å². The van der Waals surface area contributed by atoms with Crippen LogP contribution in [-0.2, 0) is 11.2 Å². The highest BCUT2D eigenvalue weighted by atomic mass is 32.1. The van der Waals surface area contributed by atoms with E-state index >= 15 is 0 Å². The molecule has 0 aliphatic carbocycles. The standard InChI is InChI=1S/C13H10FNO3S/c14-9-4-2-1-3-8(9)7-11(16)15-10-5-6-19-12(10)13(17)18/h1-6H,7H2,(H,15,16)(H,17,18). The van der Waals surface area contributed by atoms with Crippen LogP contribution in [-0.4, -0.2) is 17.0 Å². The van der Waals surface area contributed by atoms with Gasteiger partial charge in [0.25, 0.3) is 0 Å². The molecule has 0 bridgehead atoms. The maximum absolute atomic E-state index is 13.4. The molecule has 1 heterocycles. The van der Waals surface area contributed by atoms with E-state index in [0.717, 1.165) is 11.3 Å². The molecule has 6 heteroatoms. The van der Waals surface area contributed by atoms with Gasteiger partial charge >= 0.3 is 5.97 Å². The fourth-order valence-electron chi connectivity index (χ4n) is 1.58. The molecule has 98 valence electrons. The number of aromatic carboxylic acids is 1. The SMILES string of the molecule is O=C(Cc1ccccc1F)Nc1ccsc1C(=O)O. The van der Waals surface area contributed by atoms with E-state index in [1.807, 2.05) is 0 Å². The molecule has 4 nitrogen and oxygen atoms in total. The third-order valence-electron chi connectivity index (χ3n) is 2.44. The van der Waals surface area contributed by atoms with E-state index in [9.17, 15) is 14.0 Å². The Bertz CT molecular complexity index is 624. The number of rotatable bonds is 4. The van der Waals surface area contributed by atoms with Crippen molar-refractivity contribution in [3.05, 3.63) is 52.0 Å². The van der Waals surface area contributed by atoms with Gasteiger partial charge in [0.05, 0.1) is 12.1 Å². The molecule has 0 fully saturated rings. The molecule has 1 aromatic carbocycles. The fourth-order valence-corrected chi connectivity index (χ4v) is 2.27. The second kappa shape index (κ2) is 5.62. The highest BCUT2D eigenvalue weighted by Gasteiger charge is 2.14. The lowest BCUT2D eigenvalue weighted by atomic mass is 10.1. The van der Waals surface area contributed by atoms with Gasteiger partial charge in [-0.25, -0.2) is 9.18 Å². The zero-order chi connectivity index (χ0) is 13.8. The van der Waals surface area contributed by atoms with Crippen molar-refractivity contribution >= 4 is 28.9 Å². The summed E-state index contributed by atoms with van der Waals surface area (Å²) in [6.07, 6.45) is -0.137. The van der Waals surface area contributed by atoms with Gasteiger partial charge in [0.2, 0.25) is 5.91 Å². The minimum Gasteiger partial charge on any atom is -0.477 e. The molecule has 19 heavy (non-hydrogen) atoms. The van der Waals surface area contributed by atoms with Crippen molar-refractivity contribution < 1.29 is 19.1 Å². The number of nitrogens with one attached hydrogen (secondary N) is 1. The number of thiophene rings is 1. The maximum Gasteiger partial charge on any atom is 0.348 e. The number of amides is 1. The Labute approximate surface area is 112 Å². The van der Waals surface area contributed by atoms with Gasteiger partial charge in [0.1, 0.15) is 10.7 Å². The molecule has 0 aliphatic rings. The zero-order valence-electron chi connectivity index (χ0n) is 9.72. The van der Waals surface area contributed by atoms with Gasteiger partial charge in [-0.05, 0) is 23.1 Å². The summed E-state index contributed by atoms with van der Waals surface area (Å²) in [5.41, 5.74) is 0.506. The van der Waals surface area contributed by atoms with E-state index in [2.05, 4.69) is 5.32 Å². The van der Waals surface area contributed by atoms with Crippen LogP contribution in [0.15, 0.2) is 35.7 Å². The van der Waals surface area contributed by atoms with Crippen LogP contribution in [0.5, 0.6) is 0 Å². The Hall–Kier alpha value is -2.21. The van der Waals surface area contributed by atoms with E-state index in [1.165, 1.54) is 24.3 Å². The van der Waals surface area contributed by atoms with Gasteiger partial charge in [-0.1, -0.05) is 18.2 Å². The molecule has 0 saturated carbocycles. The summed E-state index contributed by atoms with van der Waals surface area (Å²) < 4.78 is 13.4. The van der Waals surface area contributed by atoms with Crippen molar-refractivity contribution in [3.8, 4) is 0 Å². The van der Waals surface area contributed by atoms with Crippen molar-refractivity contribution in [2.75, 3.05) is 5.32 Å². The number of anilines is 1. The van der Waals surface area contributed by atoms with Crippen LogP contribution in [0.25, 0.3) is 0 Å². The lowest BCUT2D eigenvalue weighted by molar-refractivity contribution is -0.115. The van der Waals surface area contributed by atoms with Gasteiger partial charge in [-0.3, -0.25) is 4.79 Å². The molecule has 0 spiro atoms. The number of hydrogen-bond acceptors (Lipinski definition) is 3. The first-order valence-electron chi connectivity index (χ1n) is 5.42. The van der Waals surface area contributed by atoms with Crippen molar-refractivity contribution in [2.24, 2.45) is 0 Å². The van der Waals surface area contributed by atoms with Crippen LogP contribution >= 0.6 is 11.3 Å². The van der Waals surface area contributed by atoms with Gasteiger partial charge in [-0.2, -0.15) is 0 Å². The summed E-state index contributed by atoms with van der Waals surface area (Å²) in [5, 5.41) is 12.9. The highest BCUT2D eigenvalue weighted by Crippen LogP contribution is 2.22. The molecule has 1 aromatic heterocycles. The number of carboxylic acids is 1. The Morgan fingerprint density at radius 2 is 2.00 bits per heavy atom. The van der Waals surface area contributed by atoms with Crippen molar-refractivity contribution in [2.45, 2.75) is 6.42 Å². The molecule has 0 atom stereocenters. The lowest BCUT2D eigenvalue weighted by Gasteiger charge is -2.05. The number of carbonyl (C=O) groups excluding carboxylic acids is 1. The average Bonchev–Trinajstić information content (AvgIpc) is 2.80. The number of hydrogen-bond donors (Lipinski definition) is 2. The van der Waals surface area contributed by atoms with Gasteiger partial charge < -0.3 is 10.4 Å². The molecule has 0 aliphatic heterocycles. The summed E-state index contributed by atoms with van der Waals surface area (Å²) in [5.74, 6) is -2.01. The predicted molar refractivity (Wildman–Crippen MR) is 70.0 cm³/mol. The van der Waals surface area contributed by atoms with E-state index in [4.69, 9.17) is 5.11 Å². The molecule has 0 saturated heterocycles. The molecule has 0 unspecified atom stereocenters. The van der Waals surface area contributed by atoms with Crippen molar-refractivity contribution in [1.29, 1.82) is 0 Å². The molecular weight excluding hydrogens is 269 g/mol. The number of benzene rings is 1. The predicted octanol–water partition coefficient (Wildman–Crippen LogP) is 2.77. The highest BCUT2D eigenvalue weighted by molar-refractivity contribution is 7.12. The van der Waals surface area contributed by atoms with E-state index in [-0.39, 0.29) is 22.5 Å². The Morgan fingerprint density at radius 3 is 2.68 bits per heavy atom. The molecule has 2 N–H and O–H groups in total. The summed E-state index contributed by atoms with van der Waals surface area (Å²) in [4.78, 5) is 22.7. The number of halogens is 1. The second-order valence-corrected chi connectivity index (χ2v) is 4.70. The van der Waals surface area contributed by atoms with Gasteiger partial charge in [0, 0.05) is 0 Å². The number of carbonyl (C=O) groups is 2. The van der Waals surface area contributed by atoms with Crippen LogP contribution < -0.4 is 5.32 Å². The van der Waals surface area contributed by atoms with Crippen molar-refractivity contribution in [3.63, 3.8) is 0 Å². The van der Waals surface area contributed by atoms with Crippen LogP contribution in [0.4, 0.5) is 10.1 Å². The van der Waals surface area contributed by atoms with E-state index < -0.39 is 17.7 Å². The summed E-state index contributed by atoms with van der Waals surface area (Å²) in [7, 11) is 0. The quantitative estimate of drug-likeness (QED) is 0.904. The van der Waals surface area contributed by atoms with E-state index in [0.29, 0.717) is 0 Å². The van der Waals surface area contributed by atoms with Crippen molar-refractivity contribution in [1.82, 2.24) is 0 Å². The van der Waals surface area contributed by atoms with Gasteiger partial charge in [-0.15, -0.1) is 11.3 Å². The first kappa shape index (κ1) is 13.2. The monoisotopic (exact) mass is 279 g/mol.